The zero-order chi connectivity index (χ0) is 15.3. The first-order valence-corrected chi connectivity index (χ1v) is 6.20. The van der Waals surface area contributed by atoms with Gasteiger partial charge < -0.3 is 10.8 Å². The molecule has 20 heavy (non-hydrogen) atoms. The summed E-state index contributed by atoms with van der Waals surface area (Å²) >= 11 is 5.31. The largest absolute Gasteiger partial charge is 0.508 e. The summed E-state index contributed by atoms with van der Waals surface area (Å²) in [5.74, 6) is -1.34. The van der Waals surface area contributed by atoms with E-state index in [2.05, 4.69) is 0 Å². The molecule has 108 valence electrons. The van der Waals surface area contributed by atoms with Crippen molar-refractivity contribution in [3.63, 3.8) is 0 Å². The molecule has 0 aromatic heterocycles. The van der Waals surface area contributed by atoms with E-state index in [-0.39, 0.29) is 41.5 Å². The van der Waals surface area contributed by atoms with Crippen molar-refractivity contribution >= 4 is 28.9 Å². The number of nitro benzene ring substituents is 1. The Morgan fingerprint density at radius 3 is 2.65 bits per heavy atom. The number of halogens is 1. The summed E-state index contributed by atoms with van der Waals surface area (Å²) in [7, 11) is 0. The van der Waals surface area contributed by atoms with Gasteiger partial charge in [0.2, 0.25) is 0 Å². The van der Waals surface area contributed by atoms with Crippen LogP contribution in [0.4, 0.5) is 5.69 Å². The van der Waals surface area contributed by atoms with Crippen LogP contribution in [0.3, 0.4) is 0 Å². The van der Waals surface area contributed by atoms with Gasteiger partial charge in [0.15, 0.2) is 5.78 Å². The van der Waals surface area contributed by atoms with Crippen LogP contribution in [-0.4, -0.2) is 33.5 Å². The highest BCUT2D eigenvalue weighted by Gasteiger charge is 2.20. The summed E-state index contributed by atoms with van der Waals surface area (Å²) in [6.45, 7) is 0. The lowest BCUT2D eigenvalue weighted by Crippen LogP contribution is -2.34. The minimum atomic E-state index is -1.04. The first-order valence-electron chi connectivity index (χ1n) is 5.67. The van der Waals surface area contributed by atoms with Gasteiger partial charge in [0.05, 0.1) is 16.8 Å². The van der Waals surface area contributed by atoms with Crippen LogP contribution in [0.15, 0.2) is 18.2 Å². The Kier molecular flexibility index (Phi) is 5.60. The van der Waals surface area contributed by atoms with Gasteiger partial charge in [0.25, 0.3) is 5.69 Å². The molecule has 0 bridgehead atoms. The van der Waals surface area contributed by atoms with Gasteiger partial charge in [-0.3, -0.25) is 19.7 Å². The number of nitrogens with two attached hydrogens (primary N) is 1. The molecule has 1 atom stereocenters. The number of Topliss-reactive ketones (excluding diaryl/α,β-unsaturated/α-hetero) is 2. The molecular formula is C12H13ClN2O5. The Morgan fingerprint density at radius 2 is 2.10 bits per heavy atom. The van der Waals surface area contributed by atoms with E-state index < -0.39 is 16.7 Å². The molecule has 0 radical (unpaired) electrons. The maximum Gasteiger partial charge on any atom is 0.269 e. The van der Waals surface area contributed by atoms with Crippen molar-refractivity contribution in [2.45, 2.75) is 18.9 Å². The van der Waals surface area contributed by atoms with E-state index in [1.807, 2.05) is 0 Å². The van der Waals surface area contributed by atoms with Gasteiger partial charge >= 0.3 is 0 Å². The zero-order valence-electron chi connectivity index (χ0n) is 10.4. The summed E-state index contributed by atoms with van der Waals surface area (Å²) in [6, 6.07) is 2.32. The first-order chi connectivity index (χ1) is 9.35. The van der Waals surface area contributed by atoms with Gasteiger partial charge in [-0.05, 0) is 6.07 Å². The second kappa shape index (κ2) is 6.97. The maximum absolute atomic E-state index is 11.8. The molecule has 1 aromatic rings. The molecule has 0 fully saturated rings. The molecule has 7 nitrogen and oxygen atoms in total. The molecule has 3 N–H and O–H groups in total. The van der Waals surface area contributed by atoms with Crippen molar-refractivity contribution in [3.8, 4) is 5.75 Å². The van der Waals surface area contributed by atoms with E-state index in [0.717, 1.165) is 18.2 Å². The summed E-state index contributed by atoms with van der Waals surface area (Å²) in [4.78, 5) is 32.9. The van der Waals surface area contributed by atoms with Crippen LogP contribution in [0.1, 0.15) is 12.0 Å². The Labute approximate surface area is 119 Å². The summed E-state index contributed by atoms with van der Waals surface area (Å²) in [5.41, 5.74) is 5.40. The number of non-ortho nitro benzene ring substituents is 1. The molecule has 1 aromatic carbocycles. The Morgan fingerprint density at radius 1 is 1.45 bits per heavy atom. The van der Waals surface area contributed by atoms with Gasteiger partial charge in [0, 0.05) is 30.5 Å². The van der Waals surface area contributed by atoms with Gasteiger partial charge in [-0.25, -0.2) is 0 Å². The number of ketones is 2. The fourth-order valence-electron chi connectivity index (χ4n) is 1.56. The lowest BCUT2D eigenvalue weighted by atomic mass is 10.00. The van der Waals surface area contributed by atoms with Crippen molar-refractivity contribution in [2.24, 2.45) is 5.73 Å². The number of benzene rings is 1. The van der Waals surface area contributed by atoms with Crippen LogP contribution in [0, 0.1) is 10.1 Å². The van der Waals surface area contributed by atoms with Crippen molar-refractivity contribution in [1.29, 1.82) is 0 Å². The lowest BCUT2D eigenvalue weighted by Gasteiger charge is -2.09. The Hall–Kier alpha value is -1.99. The number of nitrogens with zero attached hydrogens (tertiary/aromatic N) is 1. The van der Waals surface area contributed by atoms with E-state index in [1.165, 1.54) is 0 Å². The number of phenols is 1. The molecule has 0 saturated heterocycles. The van der Waals surface area contributed by atoms with Crippen LogP contribution in [0.5, 0.6) is 5.75 Å². The Balaban J connectivity index is 2.82. The van der Waals surface area contributed by atoms with E-state index >= 15 is 0 Å². The smallest absolute Gasteiger partial charge is 0.269 e. The van der Waals surface area contributed by atoms with Crippen LogP contribution >= 0.6 is 11.6 Å². The van der Waals surface area contributed by atoms with Gasteiger partial charge in [-0.2, -0.15) is 0 Å². The normalized spacial score (nSPS) is 11.9. The molecule has 1 rings (SSSR count). The van der Waals surface area contributed by atoms with Crippen LogP contribution < -0.4 is 5.73 Å². The highest BCUT2D eigenvalue weighted by atomic mass is 35.5. The minimum absolute atomic E-state index is 0.0953. The topological polar surface area (TPSA) is 124 Å². The van der Waals surface area contributed by atoms with Gasteiger partial charge in [-0.1, -0.05) is 0 Å². The van der Waals surface area contributed by atoms with E-state index in [1.54, 1.807) is 0 Å². The molecule has 0 spiro atoms. The molecule has 0 heterocycles. The summed E-state index contributed by atoms with van der Waals surface area (Å²) in [6.07, 6.45) is -0.484. The standard InChI is InChI=1S/C12H13ClN2O5/c13-6-9(16)5-10(14)12(18)4-7-3-8(15(19)20)1-2-11(7)17/h1-3,10,17H,4-6,14H2. The average molecular weight is 301 g/mol. The molecule has 1 unspecified atom stereocenters. The predicted octanol–water partition coefficient (Wildman–Crippen LogP) is 0.937. The maximum atomic E-state index is 11.8. The third-order valence-corrected chi connectivity index (χ3v) is 2.95. The molecule has 0 aliphatic rings. The van der Waals surface area contributed by atoms with Crippen LogP contribution in [-0.2, 0) is 16.0 Å². The quantitative estimate of drug-likeness (QED) is 0.439. The molecule has 0 aliphatic carbocycles. The van der Waals surface area contributed by atoms with E-state index in [9.17, 15) is 24.8 Å². The highest BCUT2D eigenvalue weighted by Crippen LogP contribution is 2.23. The third-order valence-electron chi connectivity index (χ3n) is 2.65. The third kappa shape index (κ3) is 4.29. The number of hydrogen-bond donors (Lipinski definition) is 2. The molecule has 0 amide bonds. The average Bonchev–Trinajstić information content (AvgIpc) is 2.40. The summed E-state index contributed by atoms with van der Waals surface area (Å²) in [5, 5.41) is 20.2. The molecule has 8 heteroatoms. The second-order valence-corrected chi connectivity index (χ2v) is 4.46. The van der Waals surface area contributed by atoms with Crippen molar-refractivity contribution < 1.29 is 19.6 Å². The summed E-state index contributed by atoms with van der Waals surface area (Å²) < 4.78 is 0. The van der Waals surface area contributed by atoms with Crippen molar-refractivity contribution in [1.82, 2.24) is 0 Å². The second-order valence-electron chi connectivity index (χ2n) is 4.20. The Bertz CT molecular complexity index is 547. The van der Waals surface area contributed by atoms with Gasteiger partial charge in [-0.15, -0.1) is 11.6 Å². The number of carbonyl (C=O) groups is 2. The zero-order valence-corrected chi connectivity index (χ0v) is 11.2. The van der Waals surface area contributed by atoms with Gasteiger partial charge in [0.1, 0.15) is 11.5 Å². The number of carbonyl (C=O) groups excluding carboxylic acids is 2. The fourth-order valence-corrected chi connectivity index (χ4v) is 1.67. The number of hydrogen-bond acceptors (Lipinski definition) is 6. The molecule has 0 aliphatic heterocycles. The van der Waals surface area contributed by atoms with Crippen LogP contribution in [0.2, 0.25) is 0 Å². The fraction of sp³-hybridized carbons (Fsp3) is 0.333. The lowest BCUT2D eigenvalue weighted by molar-refractivity contribution is -0.384. The SMILES string of the molecule is NC(CC(=O)CCl)C(=O)Cc1cc([N+](=O)[O-])ccc1O. The van der Waals surface area contributed by atoms with E-state index in [0.29, 0.717) is 0 Å². The molecule has 0 saturated carbocycles. The highest BCUT2D eigenvalue weighted by molar-refractivity contribution is 6.27. The van der Waals surface area contributed by atoms with Crippen LogP contribution in [0.25, 0.3) is 0 Å². The minimum Gasteiger partial charge on any atom is -0.508 e. The number of phenolic OH excluding ortho intramolecular Hbond substituents is 1. The predicted molar refractivity (Wildman–Crippen MR) is 71.8 cm³/mol. The number of aromatic hydroxyl groups is 1. The molecular weight excluding hydrogens is 288 g/mol. The van der Waals surface area contributed by atoms with Crippen molar-refractivity contribution in [2.75, 3.05) is 5.88 Å². The first kappa shape index (κ1) is 16.1. The number of alkyl halides is 1. The van der Waals surface area contributed by atoms with E-state index in [4.69, 9.17) is 17.3 Å². The van der Waals surface area contributed by atoms with Crippen molar-refractivity contribution in [3.05, 3.63) is 33.9 Å². The monoisotopic (exact) mass is 300 g/mol. The number of rotatable bonds is 7. The number of nitro groups is 1.